The Kier molecular flexibility index (Phi) is 15.8. The molecule has 0 unspecified atom stereocenters. The molecule has 0 bridgehead atoms. The van der Waals surface area contributed by atoms with Gasteiger partial charge in [0.1, 0.15) is 0 Å². The molecule has 7 nitrogen and oxygen atoms in total. The Morgan fingerprint density at radius 3 is 1.21 bits per heavy atom. The van der Waals surface area contributed by atoms with Gasteiger partial charge in [0, 0.05) is 19.6 Å². The van der Waals surface area contributed by atoms with Crippen LogP contribution in [0, 0.1) is 0 Å². The van der Waals surface area contributed by atoms with Crippen molar-refractivity contribution in [3.8, 4) is 0 Å². The van der Waals surface area contributed by atoms with Crippen LogP contribution in [0.3, 0.4) is 0 Å². The van der Waals surface area contributed by atoms with Crippen molar-refractivity contribution in [3.63, 3.8) is 0 Å². The monoisotopic (exact) mass is 247 g/mol. The van der Waals surface area contributed by atoms with E-state index in [2.05, 4.69) is 0 Å². The first-order valence-corrected chi connectivity index (χ1v) is 6.08. The molecule has 0 amide bonds. The van der Waals surface area contributed by atoms with Crippen LogP contribution in [0.5, 0.6) is 0 Å². The molecule has 0 fully saturated rings. The second-order valence-electron chi connectivity index (χ2n) is 2.30. The van der Waals surface area contributed by atoms with E-state index in [-0.39, 0.29) is 19.8 Å². The van der Waals surface area contributed by atoms with Crippen LogP contribution in [0.1, 0.15) is 0 Å². The van der Waals surface area contributed by atoms with Gasteiger partial charge in [-0.3, -0.25) is 4.90 Å². The van der Waals surface area contributed by atoms with Gasteiger partial charge in [0.25, 0.3) is 0 Å². The summed E-state index contributed by atoms with van der Waals surface area (Å²) >= 11 is -3.58. The Balaban J connectivity index is 0. The minimum absolute atomic E-state index is 0.0694. The Morgan fingerprint density at radius 1 is 0.857 bits per heavy atom. The molecule has 0 radical (unpaired) electrons. The first-order chi connectivity index (χ1) is 6.58. The van der Waals surface area contributed by atoms with E-state index in [1.807, 2.05) is 0 Å². The predicted octanol–water partition coefficient (Wildman–Crippen LogP) is -2.97. The van der Waals surface area contributed by atoms with Crippen molar-refractivity contribution in [2.45, 2.75) is 0 Å². The van der Waals surface area contributed by atoms with Crippen LogP contribution < -0.4 is 0 Å². The first-order valence-electron chi connectivity index (χ1n) is 4.05. The summed E-state index contributed by atoms with van der Waals surface area (Å²) in [6.45, 7) is 1.75. The Morgan fingerprint density at radius 2 is 1.07 bits per heavy atom. The summed E-state index contributed by atoms with van der Waals surface area (Å²) < 4.78 is 23.2. The fraction of sp³-hybridized carbons (Fsp3) is 1.00. The average Bonchev–Trinajstić information content (AvgIpc) is 2.04. The molecule has 0 saturated carbocycles. The number of nitrogens with zero attached hydrogens (tertiary/aromatic N) is 1. The summed E-state index contributed by atoms with van der Waals surface area (Å²) in [6, 6.07) is 0. The summed E-state index contributed by atoms with van der Waals surface area (Å²) in [7, 11) is 0. The normalized spacial score (nSPS) is 9.57. The molecule has 0 saturated heterocycles. The van der Waals surface area contributed by atoms with E-state index in [1.54, 1.807) is 4.90 Å². The molecule has 0 spiro atoms. The molecule has 0 aromatic heterocycles. The molecule has 0 atom stereocenters. The molecule has 86 valence electrons. The van der Waals surface area contributed by atoms with E-state index in [1.165, 1.54) is 0 Å². The van der Waals surface area contributed by atoms with Gasteiger partial charge in [0.15, 0.2) is 0 Å². The minimum atomic E-state index is -3.58. The predicted molar refractivity (Wildman–Crippen MR) is 42.8 cm³/mol. The van der Waals surface area contributed by atoms with Crippen molar-refractivity contribution in [3.05, 3.63) is 0 Å². The maximum atomic E-state index is 8.81. The Hall–Kier alpha value is 0.274. The third kappa shape index (κ3) is 18.1. The Bertz CT molecular complexity index is 117. The number of aliphatic hydroxyl groups is 3. The van der Waals surface area contributed by atoms with Crippen molar-refractivity contribution in [2.24, 2.45) is 0 Å². The zero-order chi connectivity index (χ0) is 11.4. The van der Waals surface area contributed by atoms with Gasteiger partial charge in [0.2, 0.25) is 0 Å². The van der Waals surface area contributed by atoms with Crippen molar-refractivity contribution in [1.82, 2.24) is 4.90 Å². The van der Waals surface area contributed by atoms with Crippen molar-refractivity contribution in [2.75, 3.05) is 39.5 Å². The number of hydrogen-bond acceptors (Lipinski definition) is 5. The van der Waals surface area contributed by atoms with Gasteiger partial charge in [-0.05, 0) is 0 Å². The van der Waals surface area contributed by atoms with E-state index in [0.29, 0.717) is 19.6 Å². The van der Waals surface area contributed by atoms with Gasteiger partial charge in [0.05, 0.1) is 19.8 Å². The van der Waals surface area contributed by atoms with E-state index in [9.17, 15) is 0 Å². The molecule has 0 aliphatic heterocycles. The van der Waals surface area contributed by atoms with Gasteiger partial charge >= 0.3 is 29.3 Å². The number of rotatable bonds is 6. The average molecular weight is 247 g/mol. The van der Waals surface area contributed by atoms with Crippen molar-refractivity contribution < 1.29 is 44.6 Å². The van der Waals surface area contributed by atoms with Crippen LogP contribution in [-0.4, -0.2) is 67.1 Å². The Labute approximate surface area is 89.3 Å². The summed E-state index contributed by atoms with van der Waals surface area (Å²) in [5.74, 6) is 0. The van der Waals surface area contributed by atoms with Gasteiger partial charge in [-0.25, -0.2) is 0 Å². The zero-order valence-electron chi connectivity index (χ0n) is 7.83. The second-order valence-corrected chi connectivity index (χ2v) is 3.18. The summed E-state index contributed by atoms with van der Waals surface area (Å²) in [5.41, 5.74) is 0. The van der Waals surface area contributed by atoms with Crippen molar-refractivity contribution in [1.29, 1.82) is 0 Å². The van der Waals surface area contributed by atoms with E-state index in [0.717, 1.165) is 0 Å². The van der Waals surface area contributed by atoms with Crippen LogP contribution in [0.4, 0.5) is 0 Å². The molecular weight excluding hydrogens is 230 g/mol. The first kappa shape index (κ1) is 16.7. The van der Waals surface area contributed by atoms with Gasteiger partial charge in [-0.2, -0.15) is 0 Å². The third-order valence-corrected chi connectivity index (χ3v) is 1.25. The quantitative estimate of drug-likeness (QED) is 0.318. The summed E-state index contributed by atoms with van der Waals surface area (Å²) in [4.78, 5) is 1.79. The van der Waals surface area contributed by atoms with Gasteiger partial charge in [-0.1, -0.05) is 0 Å². The van der Waals surface area contributed by atoms with Crippen LogP contribution in [0.15, 0.2) is 0 Å². The molecule has 0 aromatic rings. The number of hydrogen-bond donors (Lipinski definition) is 5. The fourth-order valence-electron chi connectivity index (χ4n) is 0.760. The van der Waals surface area contributed by atoms with E-state index in [4.69, 9.17) is 26.0 Å². The zero-order valence-corrected chi connectivity index (χ0v) is 9.40. The fourth-order valence-corrected chi connectivity index (χ4v) is 0.760. The number of aliphatic hydroxyl groups excluding tert-OH is 3. The van der Waals surface area contributed by atoms with Crippen LogP contribution >= 0.6 is 0 Å². The van der Waals surface area contributed by atoms with Gasteiger partial charge in [-0.15, -0.1) is 0 Å². The molecular formula is C6H17NO6Ti. The van der Waals surface area contributed by atoms with Crippen molar-refractivity contribution >= 4 is 0 Å². The molecule has 0 aromatic carbocycles. The molecule has 0 aliphatic carbocycles. The summed E-state index contributed by atoms with van der Waals surface area (Å²) in [5, 5.41) is 25.5. The molecule has 0 aliphatic rings. The van der Waals surface area contributed by atoms with E-state index >= 15 is 0 Å². The SMILES string of the molecule is OCCN(CCO)CCO.[O]=[Ti]([OH])[OH]. The molecule has 0 heterocycles. The van der Waals surface area contributed by atoms with Gasteiger partial charge < -0.3 is 15.3 Å². The third-order valence-electron chi connectivity index (χ3n) is 1.25. The standard InChI is InChI=1S/C6H15NO3.2H2O.O.Ti/c8-4-1-7(2-5-9)3-6-10;;;;/h8-10H,1-6H2;2*1H2;;/q;;;;+2/p-2. The molecule has 0 rings (SSSR count). The van der Waals surface area contributed by atoms with Crippen LogP contribution in [0.25, 0.3) is 0 Å². The second kappa shape index (κ2) is 13.3. The van der Waals surface area contributed by atoms with Crippen LogP contribution in [0.2, 0.25) is 0 Å². The van der Waals surface area contributed by atoms with E-state index < -0.39 is 18.6 Å². The molecule has 8 heteroatoms. The molecule has 5 N–H and O–H groups in total. The van der Waals surface area contributed by atoms with Crippen LogP contribution in [-0.2, 0) is 21.9 Å². The topological polar surface area (TPSA) is 121 Å². The molecule has 14 heavy (non-hydrogen) atoms. The maximum absolute atomic E-state index is 8.81. The summed E-state index contributed by atoms with van der Waals surface area (Å²) in [6.07, 6.45) is 0.